The summed E-state index contributed by atoms with van der Waals surface area (Å²) >= 11 is 0. The van der Waals surface area contributed by atoms with Crippen molar-refractivity contribution < 1.29 is 9.53 Å². The Bertz CT molecular complexity index is 569. The highest BCUT2D eigenvalue weighted by Gasteiger charge is 2.26. The zero-order chi connectivity index (χ0) is 18.0. The topological polar surface area (TPSA) is 44.8 Å². The van der Waals surface area contributed by atoms with E-state index in [1.807, 2.05) is 17.0 Å². The van der Waals surface area contributed by atoms with Crippen molar-refractivity contribution in [1.29, 1.82) is 0 Å². The first kappa shape index (κ1) is 18.4. The molecule has 4 unspecified atom stereocenters. The molecular formula is C20H31N3O2. The predicted molar refractivity (Wildman–Crippen MR) is 99.7 cm³/mol. The van der Waals surface area contributed by atoms with Crippen LogP contribution in [0.25, 0.3) is 0 Å². The van der Waals surface area contributed by atoms with Gasteiger partial charge in [-0.3, -0.25) is 9.69 Å². The van der Waals surface area contributed by atoms with Gasteiger partial charge in [-0.15, -0.1) is 0 Å². The van der Waals surface area contributed by atoms with E-state index in [0.29, 0.717) is 12.1 Å². The molecule has 3 rings (SSSR count). The van der Waals surface area contributed by atoms with Crippen LogP contribution < -0.4 is 5.32 Å². The molecule has 1 aromatic carbocycles. The highest BCUT2D eigenvalue weighted by Crippen LogP contribution is 2.16. The zero-order valence-electron chi connectivity index (χ0n) is 15.9. The van der Waals surface area contributed by atoms with Gasteiger partial charge in [-0.2, -0.15) is 0 Å². The van der Waals surface area contributed by atoms with Crippen molar-refractivity contribution in [3.05, 3.63) is 35.4 Å². The molecule has 2 aliphatic heterocycles. The molecule has 2 saturated heterocycles. The third-order valence-corrected chi connectivity index (χ3v) is 4.95. The van der Waals surface area contributed by atoms with Gasteiger partial charge < -0.3 is 15.0 Å². The average Bonchev–Trinajstić information content (AvgIpc) is 2.53. The SMILES string of the molecule is CC1CN(C(=O)c2ccc(CN3CC(C)OC(C)C3)cc2)CC(C)N1. The van der Waals surface area contributed by atoms with Gasteiger partial charge in [-0.1, -0.05) is 12.1 Å². The fourth-order valence-electron chi connectivity index (χ4n) is 4.10. The van der Waals surface area contributed by atoms with Crippen molar-refractivity contribution in [2.75, 3.05) is 26.2 Å². The number of benzene rings is 1. The Balaban J connectivity index is 1.61. The van der Waals surface area contributed by atoms with Gasteiger partial charge in [0.25, 0.3) is 5.91 Å². The minimum absolute atomic E-state index is 0.139. The first-order valence-corrected chi connectivity index (χ1v) is 9.42. The number of nitrogens with zero attached hydrogens (tertiary/aromatic N) is 2. The van der Waals surface area contributed by atoms with E-state index in [1.54, 1.807) is 0 Å². The molecule has 0 bridgehead atoms. The summed E-state index contributed by atoms with van der Waals surface area (Å²) in [5.41, 5.74) is 2.04. The van der Waals surface area contributed by atoms with Crippen LogP contribution in [-0.4, -0.2) is 66.2 Å². The fraction of sp³-hybridized carbons (Fsp3) is 0.650. The molecule has 0 aliphatic carbocycles. The Morgan fingerprint density at radius 1 is 1.00 bits per heavy atom. The molecule has 0 saturated carbocycles. The second-order valence-electron chi connectivity index (χ2n) is 7.83. The second kappa shape index (κ2) is 7.85. The van der Waals surface area contributed by atoms with Crippen LogP contribution in [0.15, 0.2) is 24.3 Å². The molecular weight excluding hydrogens is 314 g/mol. The molecule has 138 valence electrons. The fourth-order valence-corrected chi connectivity index (χ4v) is 4.10. The van der Waals surface area contributed by atoms with E-state index in [4.69, 9.17) is 4.74 Å². The standard InChI is InChI=1S/C20H31N3O2/c1-14-9-23(10-15(2)21-14)20(24)19-7-5-18(6-8-19)13-22-11-16(3)25-17(4)12-22/h5-8,14-17,21H,9-13H2,1-4H3. The van der Waals surface area contributed by atoms with Crippen LogP contribution in [0, 0.1) is 0 Å². The number of rotatable bonds is 3. The highest BCUT2D eigenvalue weighted by molar-refractivity contribution is 5.94. The van der Waals surface area contributed by atoms with Crippen LogP contribution in [0.3, 0.4) is 0 Å². The lowest BCUT2D eigenvalue weighted by Gasteiger charge is -2.36. The summed E-state index contributed by atoms with van der Waals surface area (Å²) < 4.78 is 5.79. The molecule has 1 amide bonds. The van der Waals surface area contributed by atoms with Gasteiger partial charge in [0.2, 0.25) is 0 Å². The number of amides is 1. The normalized spacial score (nSPS) is 31.1. The third kappa shape index (κ3) is 4.81. The second-order valence-corrected chi connectivity index (χ2v) is 7.83. The maximum absolute atomic E-state index is 12.7. The van der Waals surface area contributed by atoms with Crippen molar-refractivity contribution in [1.82, 2.24) is 15.1 Å². The smallest absolute Gasteiger partial charge is 0.253 e. The molecule has 4 atom stereocenters. The molecule has 2 aliphatic rings. The van der Waals surface area contributed by atoms with Crippen LogP contribution in [0.2, 0.25) is 0 Å². The molecule has 2 fully saturated rings. The van der Waals surface area contributed by atoms with Crippen LogP contribution in [0.4, 0.5) is 0 Å². The largest absolute Gasteiger partial charge is 0.373 e. The number of carbonyl (C=O) groups excluding carboxylic acids is 1. The summed E-state index contributed by atoms with van der Waals surface area (Å²) in [6.07, 6.45) is 0.558. The lowest BCUT2D eigenvalue weighted by Crippen LogP contribution is -2.55. The molecule has 1 N–H and O–H groups in total. The van der Waals surface area contributed by atoms with Crippen molar-refractivity contribution >= 4 is 5.91 Å². The van der Waals surface area contributed by atoms with Crippen LogP contribution in [-0.2, 0) is 11.3 Å². The lowest BCUT2D eigenvalue weighted by atomic mass is 10.1. The number of carbonyl (C=O) groups is 1. The van der Waals surface area contributed by atoms with Crippen LogP contribution >= 0.6 is 0 Å². The highest BCUT2D eigenvalue weighted by atomic mass is 16.5. The summed E-state index contributed by atoms with van der Waals surface area (Å²) in [4.78, 5) is 17.1. The minimum atomic E-state index is 0.139. The summed E-state index contributed by atoms with van der Waals surface area (Å²) in [7, 11) is 0. The van der Waals surface area contributed by atoms with Crippen LogP contribution in [0.1, 0.15) is 43.6 Å². The maximum atomic E-state index is 12.7. The molecule has 0 aromatic heterocycles. The Kier molecular flexibility index (Phi) is 5.77. The maximum Gasteiger partial charge on any atom is 0.253 e. The van der Waals surface area contributed by atoms with E-state index in [2.05, 4.69) is 50.0 Å². The summed E-state index contributed by atoms with van der Waals surface area (Å²) in [6, 6.07) is 8.82. The van der Waals surface area contributed by atoms with E-state index < -0.39 is 0 Å². The van der Waals surface area contributed by atoms with Gasteiger partial charge in [0.15, 0.2) is 0 Å². The number of nitrogens with one attached hydrogen (secondary N) is 1. The predicted octanol–water partition coefficient (Wildman–Crippen LogP) is 2.12. The van der Waals surface area contributed by atoms with E-state index in [0.717, 1.165) is 38.3 Å². The van der Waals surface area contributed by atoms with Gasteiger partial charge in [0.05, 0.1) is 12.2 Å². The molecule has 1 aromatic rings. The van der Waals surface area contributed by atoms with E-state index in [-0.39, 0.29) is 18.1 Å². The first-order valence-electron chi connectivity index (χ1n) is 9.42. The van der Waals surface area contributed by atoms with Crippen molar-refractivity contribution in [3.8, 4) is 0 Å². The van der Waals surface area contributed by atoms with E-state index in [9.17, 15) is 4.79 Å². The monoisotopic (exact) mass is 345 g/mol. The van der Waals surface area contributed by atoms with Crippen molar-refractivity contribution in [3.63, 3.8) is 0 Å². The molecule has 0 radical (unpaired) electrons. The van der Waals surface area contributed by atoms with Gasteiger partial charge >= 0.3 is 0 Å². The third-order valence-electron chi connectivity index (χ3n) is 4.95. The molecule has 25 heavy (non-hydrogen) atoms. The van der Waals surface area contributed by atoms with Crippen LogP contribution in [0.5, 0.6) is 0 Å². The minimum Gasteiger partial charge on any atom is -0.373 e. The van der Waals surface area contributed by atoms with Gasteiger partial charge in [0, 0.05) is 50.4 Å². The zero-order valence-corrected chi connectivity index (χ0v) is 15.9. The molecule has 2 heterocycles. The molecule has 5 heteroatoms. The Hall–Kier alpha value is -1.43. The Morgan fingerprint density at radius 2 is 1.56 bits per heavy atom. The molecule has 0 spiro atoms. The number of morpholine rings is 1. The summed E-state index contributed by atoms with van der Waals surface area (Å²) in [6.45, 7) is 12.9. The number of ether oxygens (including phenoxy) is 1. The first-order chi connectivity index (χ1) is 11.9. The van der Waals surface area contributed by atoms with Crippen molar-refractivity contribution in [2.45, 2.75) is 58.5 Å². The summed E-state index contributed by atoms with van der Waals surface area (Å²) in [5.74, 6) is 0.139. The molecule has 5 nitrogen and oxygen atoms in total. The average molecular weight is 345 g/mol. The quantitative estimate of drug-likeness (QED) is 0.911. The van der Waals surface area contributed by atoms with Gasteiger partial charge in [-0.25, -0.2) is 0 Å². The Labute approximate surface area is 151 Å². The van der Waals surface area contributed by atoms with E-state index >= 15 is 0 Å². The Morgan fingerprint density at radius 3 is 2.12 bits per heavy atom. The summed E-state index contributed by atoms with van der Waals surface area (Å²) in [5, 5.41) is 3.47. The lowest BCUT2D eigenvalue weighted by molar-refractivity contribution is -0.0704. The number of hydrogen-bond donors (Lipinski definition) is 1. The van der Waals surface area contributed by atoms with Crippen molar-refractivity contribution in [2.24, 2.45) is 0 Å². The number of piperazine rings is 1. The van der Waals surface area contributed by atoms with Gasteiger partial charge in [0.1, 0.15) is 0 Å². The number of hydrogen-bond acceptors (Lipinski definition) is 4. The van der Waals surface area contributed by atoms with E-state index in [1.165, 1.54) is 5.56 Å². The van der Waals surface area contributed by atoms with Gasteiger partial charge in [-0.05, 0) is 45.4 Å².